The minimum absolute atomic E-state index is 0.514. The van der Waals surface area contributed by atoms with Crippen molar-refractivity contribution in [3.05, 3.63) is 16.1 Å². The number of sulfonamides is 2. The van der Waals surface area contributed by atoms with Crippen molar-refractivity contribution >= 4 is 66.8 Å². The zero-order valence-electron chi connectivity index (χ0n) is 17.0. The largest absolute Gasteiger partial charge is 0.444 e. The summed E-state index contributed by atoms with van der Waals surface area (Å²) in [4.78, 5) is 33.7. The van der Waals surface area contributed by atoms with Gasteiger partial charge < -0.3 is 20.7 Å². The number of nitrogens with two attached hydrogens (primary N) is 2. The zero-order chi connectivity index (χ0) is 25.1. The number of hydrogen-bond donors (Lipinski definition) is 5. The highest BCUT2D eigenvalue weighted by Gasteiger charge is 2.27. The number of rotatable bonds is 7. The molecule has 0 aliphatic rings. The van der Waals surface area contributed by atoms with E-state index >= 15 is 0 Å². The summed E-state index contributed by atoms with van der Waals surface area (Å²) in [6.45, 7) is 3.68. The Morgan fingerprint density at radius 2 is 1.41 bits per heavy atom. The molecule has 0 unspecified atom stereocenters. The van der Waals surface area contributed by atoms with Crippen molar-refractivity contribution in [1.29, 1.82) is 0 Å². The van der Waals surface area contributed by atoms with E-state index < -0.39 is 82.2 Å². The van der Waals surface area contributed by atoms with Gasteiger partial charge in [-0.05, 0) is 26.8 Å². The maximum absolute atomic E-state index is 12.1. The van der Waals surface area contributed by atoms with Crippen LogP contribution < -0.4 is 26.2 Å². The lowest BCUT2D eigenvalue weighted by Gasteiger charge is -2.19. The molecule has 0 fully saturated rings. The Bertz CT molecular complexity index is 1150. The Morgan fingerprint density at radius 3 is 1.88 bits per heavy atom. The van der Waals surface area contributed by atoms with Crippen molar-refractivity contribution in [1.82, 2.24) is 10.6 Å². The van der Waals surface area contributed by atoms with Gasteiger partial charge in [0, 0.05) is 0 Å². The molecule has 0 heterocycles. The monoisotopic (exact) mass is 533 g/mol. The van der Waals surface area contributed by atoms with Crippen molar-refractivity contribution in [2.45, 2.75) is 36.2 Å². The Hall–Kier alpha value is -2.17. The van der Waals surface area contributed by atoms with Gasteiger partial charge in [-0.3, -0.25) is 9.59 Å². The molecular weight excluding hydrogens is 513 g/mol. The minimum Gasteiger partial charge on any atom is -0.444 e. The van der Waals surface area contributed by atoms with Crippen LogP contribution >= 0.6 is 23.2 Å². The van der Waals surface area contributed by atoms with Crippen molar-refractivity contribution in [3.63, 3.8) is 0 Å². The number of nitrogens with one attached hydrogen (secondary N) is 3. The number of alkyl carbamates (subject to hydrolysis) is 1. The molecule has 0 atom stereocenters. The van der Waals surface area contributed by atoms with E-state index in [2.05, 4.69) is 16.0 Å². The van der Waals surface area contributed by atoms with Gasteiger partial charge in [0.15, 0.2) is 0 Å². The Labute approximate surface area is 194 Å². The highest BCUT2D eigenvalue weighted by Crippen LogP contribution is 2.39. The summed E-state index contributed by atoms with van der Waals surface area (Å²) in [5.74, 6) is -1.74. The van der Waals surface area contributed by atoms with E-state index in [1.165, 1.54) is 0 Å². The van der Waals surface area contributed by atoms with Crippen molar-refractivity contribution < 1.29 is 36.0 Å². The molecule has 32 heavy (non-hydrogen) atoms. The van der Waals surface area contributed by atoms with Crippen LogP contribution in [0.25, 0.3) is 0 Å². The second kappa shape index (κ2) is 10.2. The average molecular weight is 534 g/mol. The van der Waals surface area contributed by atoms with Gasteiger partial charge in [-0.25, -0.2) is 31.9 Å². The molecule has 0 bridgehead atoms. The second-order valence-corrected chi connectivity index (χ2v) is 11.0. The van der Waals surface area contributed by atoms with E-state index in [1.54, 1.807) is 20.8 Å². The number of ether oxygens (including phenoxy) is 1. The molecule has 3 amide bonds. The molecule has 1 aromatic rings. The fraction of sp³-hybridized carbons (Fsp3) is 0.400. The first-order chi connectivity index (χ1) is 14.3. The number of benzene rings is 1. The van der Waals surface area contributed by atoms with Gasteiger partial charge in [-0.2, -0.15) is 0 Å². The number of anilines is 1. The lowest BCUT2D eigenvalue weighted by Crippen LogP contribution is -2.42. The maximum atomic E-state index is 12.1. The summed E-state index contributed by atoms with van der Waals surface area (Å²) < 4.78 is 51.9. The van der Waals surface area contributed by atoms with E-state index in [1.807, 2.05) is 0 Å². The van der Waals surface area contributed by atoms with Gasteiger partial charge >= 0.3 is 6.09 Å². The van der Waals surface area contributed by atoms with Gasteiger partial charge in [-0.1, -0.05) is 23.2 Å². The number of primary sulfonamides is 2. The summed E-state index contributed by atoms with van der Waals surface area (Å²) in [6.07, 6.45) is -0.855. The fourth-order valence-electron chi connectivity index (χ4n) is 2.02. The molecule has 1 rings (SSSR count). The second-order valence-electron chi connectivity index (χ2n) is 7.15. The third-order valence-electron chi connectivity index (χ3n) is 3.25. The normalized spacial score (nSPS) is 12.1. The van der Waals surface area contributed by atoms with Crippen molar-refractivity contribution in [2.24, 2.45) is 10.3 Å². The molecule has 0 saturated heterocycles. The van der Waals surface area contributed by atoms with E-state index in [4.69, 9.17) is 38.2 Å². The highest BCUT2D eigenvalue weighted by molar-refractivity contribution is 7.90. The average Bonchev–Trinajstić information content (AvgIpc) is 2.58. The molecule has 0 radical (unpaired) electrons. The van der Waals surface area contributed by atoms with Crippen molar-refractivity contribution in [3.8, 4) is 0 Å². The Kier molecular flexibility index (Phi) is 8.87. The van der Waals surface area contributed by atoms with Crippen LogP contribution in [0.3, 0.4) is 0 Å². The smallest absolute Gasteiger partial charge is 0.408 e. The van der Waals surface area contributed by atoms with E-state index in [-0.39, 0.29) is 0 Å². The Balaban J connectivity index is 2.94. The molecule has 0 saturated carbocycles. The maximum Gasteiger partial charge on any atom is 0.408 e. The molecule has 0 aliphatic carbocycles. The van der Waals surface area contributed by atoms with Crippen LogP contribution in [-0.2, 0) is 34.4 Å². The summed E-state index contributed by atoms with van der Waals surface area (Å²) >= 11 is 11.8. The molecule has 180 valence electrons. The van der Waals surface area contributed by atoms with E-state index in [0.29, 0.717) is 6.07 Å². The summed E-state index contributed by atoms with van der Waals surface area (Å²) in [5, 5.41) is 15.1. The van der Waals surface area contributed by atoms with Gasteiger partial charge in [0.05, 0.1) is 22.3 Å². The number of carbonyl (C=O) groups excluding carboxylic acids is 3. The predicted molar refractivity (Wildman–Crippen MR) is 115 cm³/mol. The van der Waals surface area contributed by atoms with Crippen LogP contribution in [0.15, 0.2) is 15.9 Å². The molecule has 1 aromatic carbocycles. The molecule has 0 aromatic heterocycles. The quantitative estimate of drug-likeness (QED) is 0.317. The summed E-state index contributed by atoms with van der Waals surface area (Å²) in [6, 6.07) is 0.540. The lowest BCUT2D eigenvalue weighted by atomic mass is 10.2. The molecule has 13 nitrogen and oxygen atoms in total. The van der Waals surface area contributed by atoms with E-state index in [0.717, 1.165) is 0 Å². The summed E-state index contributed by atoms with van der Waals surface area (Å²) in [5.41, 5.74) is -1.39. The number of hydrogen-bond acceptors (Lipinski definition) is 8. The predicted octanol–water partition coefficient (Wildman–Crippen LogP) is -0.132. The molecule has 0 aliphatic heterocycles. The van der Waals surface area contributed by atoms with Crippen LogP contribution in [0.1, 0.15) is 20.8 Å². The Morgan fingerprint density at radius 1 is 0.906 bits per heavy atom. The van der Waals surface area contributed by atoms with Gasteiger partial charge in [0.2, 0.25) is 31.9 Å². The van der Waals surface area contributed by atoms with Crippen LogP contribution in [-0.4, -0.2) is 53.4 Å². The number of carbonyl (C=O) groups is 3. The molecule has 7 N–H and O–H groups in total. The van der Waals surface area contributed by atoms with Crippen molar-refractivity contribution in [2.75, 3.05) is 18.4 Å². The number of halogens is 2. The van der Waals surface area contributed by atoms with Gasteiger partial charge in [0.1, 0.15) is 21.9 Å². The lowest BCUT2D eigenvalue weighted by molar-refractivity contribution is -0.123. The highest BCUT2D eigenvalue weighted by atomic mass is 35.5. The first kappa shape index (κ1) is 27.9. The molecular formula is C15H21Cl2N5O8S2. The first-order valence-corrected chi connectivity index (χ1v) is 12.3. The van der Waals surface area contributed by atoms with Crippen LogP contribution in [0.2, 0.25) is 10.0 Å². The van der Waals surface area contributed by atoms with E-state index in [9.17, 15) is 31.2 Å². The first-order valence-electron chi connectivity index (χ1n) is 8.44. The van der Waals surface area contributed by atoms with Crippen LogP contribution in [0.4, 0.5) is 10.5 Å². The van der Waals surface area contributed by atoms with Gasteiger partial charge in [-0.15, -0.1) is 0 Å². The standard InChI is InChI=1S/C15H21Cl2N5O8S2/c1-15(2,3)30-14(25)21-5-9(23)20-6-10(24)22-13-8(32(19,28)29)4-7(31(18,26)27)11(16)12(13)17/h4H,5-6H2,1-3H3,(H,20,23)(H,21,25)(H,22,24)(H2,18,26,27)(H2,19,28,29). The fourth-order valence-corrected chi connectivity index (χ4v) is 4.28. The topological polar surface area (TPSA) is 217 Å². The van der Waals surface area contributed by atoms with Gasteiger partial charge in [0.25, 0.3) is 0 Å². The van der Waals surface area contributed by atoms with Crippen LogP contribution in [0, 0.1) is 0 Å². The SMILES string of the molecule is CC(C)(C)OC(=O)NCC(=O)NCC(=O)Nc1c(S(N)(=O)=O)cc(S(N)(=O)=O)c(Cl)c1Cl. The summed E-state index contributed by atoms with van der Waals surface area (Å²) in [7, 11) is -9.07. The third-order valence-corrected chi connectivity index (χ3v) is 6.10. The van der Waals surface area contributed by atoms with Crippen LogP contribution in [0.5, 0.6) is 0 Å². The molecule has 17 heteroatoms. The zero-order valence-corrected chi connectivity index (χ0v) is 20.1. The molecule has 0 spiro atoms. The number of amides is 3. The minimum atomic E-state index is -4.59. The third kappa shape index (κ3) is 8.40.